The van der Waals surface area contributed by atoms with Crippen LogP contribution in [0, 0.1) is 0 Å². The van der Waals surface area contributed by atoms with Crippen LogP contribution in [0.5, 0.6) is 0 Å². The summed E-state index contributed by atoms with van der Waals surface area (Å²) in [5.74, 6) is 0.788. The fourth-order valence-corrected chi connectivity index (χ4v) is 2.83. The van der Waals surface area contributed by atoms with E-state index in [4.69, 9.17) is 0 Å². The van der Waals surface area contributed by atoms with E-state index in [1.807, 2.05) is 19.1 Å². The van der Waals surface area contributed by atoms with E-state index >= 15 is 0 Å². The molecule has 0 bridgehead atoms. The first-order valence-electron chi connectivity index (χ1n) is 8.22. The van der Waals surface area contributed by atoms with Gasteiger partial charge in [0, 0.05) is 63.9 Å². The molecule has 3 rings (SSSR count). The Morgan fingerprint density at radius 1 is 1.25 bits per heavy atom. The SMILES string of the molecule is CC(CN1CCN(c2ncccn2)CC1)NC(=O)N1C=NC=CC1. The van der Waals surface area contributed by atoms with E-state index in [0.717, 1.165) is 38.7 Å². The van der Waals surface area contributed by atoms with Crippen molar-refractivity contribution >= 4 is 18.3 Å². The predicted octanol–water partition coefficient (Wildman–Crippen LogP) is 0.554. The highest BCUT2D eigenvalue weighted by Crippen LogP contribution is 2.10. The number of carbonyl (C=O) groups is 1. The zero-order chi connectivity index (χ0) is 16.8. The maximum atomic E-state index is 12.1. The molecular weight excluding hydrogens is 306 g/mol. The van der Waals surface area contributed by atoms with Crippen LogP contribution in [-0.2, 0) is 0 Å². The van der Waals surface area contributed by atoms with Crippen molar-refractivity contribution < 1.29 is 4.79 Å². The Morgan fingerprint density at radius 2 is 2.00 bits per heavy atom. The largest absolute Gasteiger partial charge is 0.338 e. The second-order valence-electron chi connectivity index (χ2n) is 5.99. The molecular formula is C16H23N7O. The number of rotatable bonds is 4. The summed E-state index contributed by atoms with van der Waals surface area (Å²) in [6.07, 6.45) is 8.65. The molecule has 0 radical (unpaired) electrons. The molecule has 1 unspecified atom stereocenters. The molecule has 0 aliphatic carbocycles. The molecule has 1 saturated heterocycles. The van der Waals surface area contributed by atoms with Crippen molar-refractivity contribution in [3.63, 3.8) is 0 Å². The maximum absolute atomic E-state index is 12.1. The summed E-state index contributed by atoms with van der Waals surface area (Å²) in [6.45, 7) is 7.09. The molecule has 128 valence electrons. The van der Waals surface area contributed by atoms with Gasteiger partial charge in [0.25, 0.3) is 0 Å². The van der Waals surface area contributed by atoms with Crippen LogP contribution in [0.1, 0.15) is 6.92 Å². The van der Waals surface area contributed by atoms with Crippen LogP contribution >= 0.6 is 0 Å². The number of piperazine rings is 1. The Bertz CT molecular complexity index is 596. The molecule has 1 aromatic heterocycles. The second kappa shape index (κ2) is 7.87. The highest BCUT2D eigenvalue weighted by Gasteiger charge is 2.21. The minimum atomic E-state index is -0.105. The van der Waals surface area contributed by atoms with Gasteiger partial charge in [-0.2, -0.15) is 0 Å². The van der Waals surface area contributed by atoms with E-state index in [-0.39, 0.29) is 12.1 Å². The van der Waals surface area contributed by atoms with Crippen LogP contribution < -0.4 is 10.2 Å². The van der Waals surface area contributed by atoms with Gasteiger partial charge in [0.15, 0.2) is 0 Å². The van der Waals surface area contributed by atoms with Gasteiger partial charge in [0.1, 0.15) is 0 Å². The van der Waals surface area contributed by atoms with Gasteiger partial charge in [0.05, 0.1) is 6.34 Å². The first-order valence-corrected chi connectivity index (χ1v) is 8.22. The summed E-state index contributed by atoms with van der Waals surface area (Å²) in [5.41, 5.74) is 0. The number of aliphatic imine (C=N–C) groups is 1. The van der Waals surface area contributed by atoms with Crippen molar-refractivity contribution in [3.8, 4) is 0 Å². The summed E-state index contributed by atoms with van der Waals surface area (Å²) in [7, 11) is 0. The fourth-order valence-electron chi connectivity index (χ4n) is 2.83. The van der Waals surface area contributed by atoms with E-state index < -0.39 is 0 Å². The second-order valence-corrected chi connectivity index (χ2v) is 5.99. The molecule has 8 heteroatoms. The first kappa shape index (κ1) is 16.4. The molecule has 3 heterocycles. The lowest BCUT2D eigenvalue weighted by Gasteiger charge is -2.36. The van der Waals surface area contributed by atoms with Crippen molar-refractivity contribution in [1.82, 2.24) is 25.1 Å². The van der Waals surface area contributed by atoms with Crippen molar-refractivity contribution in [2.24, 2.45) is 4.99 Å². The molecule has 1 atom stereocenters. The zero-order valence-electron chi connectivity index (χ0n) is 13.9. The van der Waals surface area contributed by atoms with Crippen molar-refractivity contribution in [1.29, 1.82) is 0 Å². The van der Waals surface area contributed by atoms with Gasteiger partial charge in [-0.1, -0.05) is 0 Å². The van der Waals surface area contributed by atoms with Gasteiger partial charge in [-0.05, 0) is 19.1 Å². The smallest absolute Gasteiger partial charge is 0.323 e. The van der Waals surface area contributed by atoms with Crippen molar-refractivity contribution in [2.75, 3.05) is 44.2 Å². The van der Waals surface area contributed by atoms with Gasteiger partial charge >= 0.3 is 6.03 Å². The monoisotopic (exact) mass is 329 g/mol. The standard InChI is InChI=1S/C16H23N7O/c1-14(20-16(24)23-7-3-4-17-13-23)12-21-8-10-22(11-9-21)15-18-5-2-6-19-15/h2-6,13-14H,7-12H2,1H3,(H,20,24). The Labute approximate surface area is 141 Å². The first-order chi connectivity index (χ1) is 11.7. The molecule has 1 fully saturated rings. The van der Waals surface area contributed by atoms with Crippen LogP contribution in [0.15, 0.2) is 35.7 Å². The van der Waals surface area contributed by atoms with Gasteiger partial charge in [-0.25, -0.2) is 19.8 Å². The number of nitrogens with one attached hydrogen (secondary N) is 1. The average molecular weight is 329 g/mol. The number of amides is 2. The molecule has 0 saturated carbocycles. The van der Waals surface area contributed by atoms with E-state index in [1.165, 1.54) is 0 Å². The van der Waals surface area contributed by atoms with Crippen molar-refractivity contribution in [2.45, 2.75) is 13.0 Å². The summed E-state index contributed by atoms with van der Waals surface area (Å²) in [5, 5.41) is 3.02. The quantitative estimate of drug-likeness (QED) is 0.873. The number of anilines is 1. The van der Waals surface area contributed by atoms with Gasteiger partial charge in [0.2, 0.25) is 5.95 Å². The van der Waals surface area contributed by atoms with Crippen LogP contribution in [0.4, 0.5) is 10.7 Å². The number of hydrogen-bond acceptors (Lipinski definition) is 6. The lowest BCUT2D eigenvalue weighted by Crippen LogP contribution is -2.52. The summed E-state index contributed by atoms with van der Waals surface area (Å²) >= 11 is 0. The van der Waals surface area contributed by atoms with Crippen molar-refractivity contribution in [3.05, 3.63) is 30.7 Å². The van der Waals surface area contributed by atoms with Crippen LogP contribution in [0.25, 0.3) is 0 Å². The molecule has 0 aromatic carbocycles. The number of urea groups is 1. The molecule has 2 aliphatic rings. The normalized spacial score (nSPS) is 19.4. The molecule has 1 aromatic rings. The van der Waals surface area contributed by atoms with Gasteiger partial charge < -0.3 is 10.2 Å². The van der Waals surface area contributed by atoms with E-state index in [2.05, 4.69) is 30.1 Å². The van der Waals surface area contributed by atoms with E-state index in [9.17, 15) is 4.79 Å². The number of nitrogens with zero attached hydrogens (tertiary/aromatic N) is 6. The zero-order valence-corrected chi connectivity index (χ0v) is 13.9. The number of aromatic nitrogens is 2. The maximum Gasteiger partial charge on any atom is 0.323 e. The summed E-state index contributed by atoms with van der Waals surface area (Å²) in [4.78, 5) is 30.8. The van der Waals surface area contributed by atoms with Gasteiger partial charge in [-0.3, -0.25) is 9.80 Å². The number of hydrogen-bond donors (Lipinski definition) is 1. The Balaban J connectivity index is 1.41. The minimum absolute atomic E-state index is 0.0799. The lowest BCUT2D eigenvalue weighted by molar-refractivity contribution is 0.206. The fraction of sp³-hybridized carbons (Fsp3) is 0.500. The molecule has 1 N–H and O–H groups in total. The Hall–Kier alpha value is -2.48. The predicted molar refractivity (Wildman–Crippen MR) is 93.0 cm³/mol. The van der Waals surface area contributed by atoms with Gasteiger partial charge in [-0.15, -0.1) is 0 Å². The lowest BCUT2D eigenvalue weighted by atomic mass is 10.2. The highest BCUT2D eigenvalue weighted by molar-refractivity contribution is 5.87. The van der Waals surface area contributed by atoms with Crippen LogP contribution in [0.3, 0.4) is 0 Å². The summed E-state index contributed by atoms with van der Waals surface area (Å²) in [6, 6.07) is 1.80. The third kappa shape index (κ3) is 4.29. The van der Waals surface area contributed by atoms with Crippen LogP contribution in [0.2, 0.25) is 0 Å². The topological polar surface area (TPSA) is 77.0 Å². The minimum Gasteiger partial charge on any atom is -0.338 e. The van der Waals surface area contributed by atoms with E-state index in [0.29, 0.717) is 6.54 Å². The summed E-state index contributed by atoms with van der Waals surface area (Å²) < 4.78 is 0. The molecule has 0 spiro atoms. The highest BCUT2D eigenvalue weighted by atomic mass is 16.2. The third-order valence-corrected chi connectivity index (χ3v) is 4.07. The van der Waals surface area contributed by atoms with Crippen LogP contribution in [-0.4, -0.2) is 77.4 Å². The molecule has 8 nitrogen and oxygen atoms in total. The molecule has 2 aliphatic heterocycles. The average Bonchev–Trinajstić information content (AvgIpc) is 2.64. The third-order valence-electron chi connectivity index (χ3n) is 4.07. The molecule has 2 amide bonds. The van der Waals surface area contributed by atoms with E-state index in [1.54, 1.807) is 29.8 Å². The molecule has 24 heavy (non-hydrogen) atoms. The number of carbonyl (C=O) groups excluding carboxylic acids is 1. The Kier molecular flexibility index (Phi) is 5.37. The Morgan fingerprint density at radius 3 is 2.67 bits per heavy atom.